The molecule has 3 aromatic heterocycles. The average Bonchev–Trinajstić information content (AvgIpc) is 3.42. The van der Waals surface area contributed by atoms with Crippen LogP contribution in [0.25, 0.3) is 16.4 Å². The zero-order valence-corrected chi connectivity index (χ0v) is 15.7. The van der Waals surface area contributed by atoms with Crippen molar-refractivity contribution in [3.05, 3.63) is 65.1 Å². The van der Waals surface area contributed by atoms with Gasteiger partial charge in [0.25, 0.3) is 11.7 Å². The Morgan fingerprint density at radius 1 is 1.25 bits per heavy atom. The Kier molecular flexibility index (Phi) is 4.70. The number of esters is 1. The quantitative estimate of drug-likeness (QED) is 0.472. The van der Waals surface area contributed by atoms with E-state index in [0.717, 1.165) is 4.88 Å². The molecular weight excluding hydrogens is 385 g/mol. The van der Waals surface area contributed by atoms with Gasteiger partial charge in [0.2, 0.25) is 0 Å². The van der Waals surface area contributed by atoms with Crippen molar-refractivity contribution in [2.75, 3.05) is 0 Å². The van der Waals surface area contributed by atoms with Gasteiger partial charge >= 0.3 is 5.97 Å². The van der Waals surface area contributed by atoms with Gasteiger partial charge in [0.05, 0.1) is 10.6 Å². The lowest BCUT2D eigenvalue weighted by molar-refractivity contribution is 0.0251. The molecule has 0 aliphatic rings. The van der Waals surface area contributed by atoms with Crippen LogP contribution in [-0.4, -0.2) is 30.9 Å². The van der Waals surface area contributed by atoms with Crippen molar-refractivity contribution in [3.63, 3.8) is 0 Å². The van der Waals surface area contributed by atoms with Crippen molar-refractivity contribution in [1.29, 1.82) is 0 Å². The fourth-order valence-corrected chi connectivity index (χ4v) is 3.17. The summed E-state index contributed by atoms with van der Waals surface area (Å²) in [4.78, 5) is 21.7. The molecule has 0 spiro atoms. The Morgan fingerprint density at radius 2 is 2.04 bits per heavy atom. The first-order valence-electron chi connectivity index (χ1n) is 8.29. The van der Waals surface area contributed by atoms with E-state index in [4.69, 9.17) is 9.26 Å². The normalized spacial score (nSPS) is 12.1. The number of ether oxygens (including phenoxy) is 1. The number of aryl methyl sites for hydroxylation is 1. The molecule has 4 aromatic rings. The van der Waals surface area contributed by atoms with E-state index >= 15 is 0 Å². The summed E-state index contributed by atoms with van der Waals surface area (Å²) in [6.07, 6.45) is -0.753. The molecule has 28 heavy (non-hydrogen) atoms. The molecule has 142 valence electrons. The molecule has 8 nitrogen and oxygen atoms in total. The summed E-state index contributed by atoms with van der Waals surface area (Å²) >= 11 is 1.44. The number of thiophene rings is 1. The second-order valence-corrected chi connectivity index (χ2v) is 6.80. The molecule has 10 heteroatoms. The lowest BCUT2D eigenvalue weighted by atomic mass is 10.3. The van der Waals surface area contributed by atoms with Gasteiger partial charge in [0.1, 0.15) is 5.82 Å². The van der Waals surface area contributed by atoms with Gasteiger partial charge in [0, 0.05) is 0 Å². The topological polar surface area (TPSA) is 95.9 Å². The Balaban J connectivity index is 1.67. The van der Waals surface area contributed by atoms with Gasteiger partial charge in [-0.25, -0.2) is 13.9 Å². The molecule has 0 aliphatic heterocycles. The molecule has 0 bridgehead atoms. The third-order valence-electron chi connectivity index (χ3n) is 3.78. The van der Waals surface area contributed by atoms with Crippen LogP contribution in [0.1, 0.15) is 35.4 Å². The zero-order valence-electron chi connectivity index (χ0n) is 14.9. The monoisotopic (exact) mass is 399 g/mol. The standard InChI is InChI=1S/C18H14FN5O3S/c1-10(17-20-11(2)23-27-17)26-18(25)15-21-16(14-4-3-9-28-14)24(22-15)13-7-5-12(19)6-8-13/h3-10H,1-2H3. The van der Waals surface area contributed by atoms with Crippen molar-refractivity contribution < 1.29 is 18.4 Å². The molecule has 0 N–H and O–H groups in total. The Morgan fingerprint density at radius 3 is 2.68 bits per heavy atom. The fraction of sp³-hybridized carbons (Fsp3) is 0.167. The predicted octanol–water partition coefficient (Wildman–Crippen LogP) is 3.74. The summed E-state index contributed by atoms with van der Waals surface area (Å²) in [5.74, 6) is -0.156. The van der Waals surface area contributed by atoms with Crippen LogP contribution in [0, 0.1) is 12.7 Å². The van der Waals surface area contributed by atoms with Crippen LogP contribution in [0.15, 0.2) is 46.3 Å². The first-order chi connectivity index (χ1) is 13.5. The average molecular weight is 399 g/mol. The predicted molar refractivity (Wildman–Crippen MR) is 97.5 cm³/mol. The van der Waals surface area contributed by atoms with Crippen LogP contribution in [0.5, 0.6) is 0 Å². The number of hydrogen-bond acceptors (Lipinski definition) is 8. The van der Waals surface area contributed by atoms with E-state index in [-0.39, 0.29) is 17.5 Å². The first kappa shape index (κ1) is 18.0. The molecule has 1 atom stereocenters. The number of benzene rings is 1. The second kappa shape index (κ2) is 7.31. The van der Waals surface area contributed by atoms with Crippen LogP contribution in [0.4, 0.5) is 4.39 Å². The van der Waals surface area contributed by atoms with E-state index in [9.17, 15) is 9.18 Å². The largest absolute Gasteiger partial charge is 0.447 e. The van der Waals surface area contributed by atoms with Gasteiger partial charge in [0.15, 0.2) is 17.8 Å². The first-order valence-corrected chi connectivity index (χ1v) is 9.17. The summed E-state index contributed by atoms with van der Waals surface area (Å²) in [6, 6.07) is 9.45. The van der Waals surface area contributed by atoms with Gasteiger partial charge in [-0.1, -0.05) is 11.2 Å². The number of rotatable bonds is 5. The van der Waals surface area contributed by atoms with Gasteiger partial charge in [-0.05, 0) is 49.6 Å². The van der Waals surface area contributed by atoms with E-state index in [1.807, 2.05) is 17.5 Å². The van der Waals surface area contributed by atoms with Crippen LogP contribution in [-0.2, 0) is 4.74 Å². The smallest absolute Gasteiger partial charge is 0.379 e. The van der Waals surface area contributed by atoms with Crippen LogP contribution in [0.3, 0.4) is 0 Å². The highest BCUT2D eigenvalue weighted by atomic mass is 32.1. The van der Waals surface area contributed by atoms with Crippen molar-refractivity contribution >= 4 is 17.3 Å². The fourth-order valence-electron chi connectivity index (χ4n) is 2.47. The molecule has 1 aromatic carbocycles. The molecule has 0 fully saturated rings. The Hall–Kier alpha value is -3.40. The summed E-state index contributed by atoms with van der Waals surface area (Å²) < 4.78 is 25.1. The van der Waals surface area contributed by atoms with Gasteiger partial charge in [-0.2, -0.15) is 9.97 Å². The lowest BCUT2D eigenvalue weighted by Crippen LogP contribution is -2.11. The second-order valence-electron chi connectivity index (χ2n) is 5.85. The number of halogens is 1. The molecule has 0 amide bonds. The minimum Gasteiger partial charge on any atom is -0.447 e. The van der Waals surface area contributed by atoms with Gasteiger partial charge in [-0.3, -0.25) is 0 Å². The highest BCUT2D eigenvalue weighted by Crippen LogP contribution is 2.26. The van der Waals surface area contributed by atoms with E-state index < -0.39 is 12.1 Å². The molecular formula is C18H14FN5O3S. The van der Waals surface area contributed by atoms with Crippen LogP contribution in [0.2, 0.25) is 0 Å². The molecule has 0 aliphatic carbocycles. The molecule has 4 rings (SSSR count). The molecule has 0 saturated carbocycles. The maximum Gasteiger partial charge on any atom is 0.379 e. The molecule has 1 unspecified atom stereocenters. The van der Waals surface area contributed by atoms with E-state index in [2.05, 4.69) is 20.2 Å². The zero-order chi connectivity index (χ0) is 19.7. The molecule has 3 heterocycles. The van der Waals surface area contributed by atoms with Crippen molar-refractivity contribution in [2.24, 2.45) is 0 Å². The minimum absolute atomic E-state index is 0.129. The summed E-state index contributed by atoms with van der Waals surface area (Å²) in [5.41, 5.74) is 0.567. The number of aromatic nitrogens is 5. The number of carbonyl (C=O) groups is 1. The summed E-state index contributed by atoms with van der Waals surface area (Å²) in [7, 11) is 0. The minimum atomic E-state index is -0.753. The highest BCUT2D eigenvalue weighted by molar-refractivity contribution is 7.13. The van der Waals surface area contributed by atoms with Crippen molar-refractivity contribution in [2.45, 2.75) is 20.0 Å². The summed E-state index contributed by atoms with van der Waals surface area (Å²) in [6.45, 7) is 3.28. The van der Waals surface area contributed by atoms with Crippen LogP contribution < -0.4 is 0 Å². The molecule has 0 radical (unpaired) electrons. The van der Waals surface area contributed by atoms with Gasteiger partial charge < -0.3 is 9.26 Å². The van der Waals surface area contributed by atoms with Crippen molar-refractivity contribution in [1.82, 2.24) is 24.9 Å². The number of carbonyl (C=O) groups excluding carboxylic acids is 1. The van der Waals surface area contributed by atoms with Gasteiger partial charge in [-0.15, -0.1) is 16.4 Å². The van der Waals surface area contributed by atoms with E-state index in [1.165, 1.54) is 28.2 Å². The third-order valence-corrected chi connectivity index (χ3v) is 4.64. The number of nitrogens with zero attached hydrogens (tertiary/aromatic N) is 5. The maximum atomic E-state index is 13.3. The SMILES string of the molecule is Cc1noc(C(C)OC(=O)c2nc(-c3cccs3)n(-c3ccc(F)cc3)n2)n1. The third kappa shape index (κ3) is 3.54. The Bertz CT molecular complexity index is 1100. The highest BCUT2D eigenvalue weighted by Gasteiger charge is 2.24. The lowest BCUT2D eigenvalue weighted by Gasteiger charge is -2.06. The van der Waals surface area contributed by atoms with E-state index in [0.29, 0.717) is 17.3 Å². The van der Waals surface area contributed by atoms with Crippen LogP contribution >= 0.6 is 11.3 Å². The summed E-state index contributed by atoms with van der Waals surface area (Å²) in [5, 5.41) is 9.83. The Labute approximate surface area is 162 Å². The number of hydrogen-bond donors (Lipinski definition) is 0. The van der Waals surface area contributed by atoms with Crippen molar-refractivity contribution in [3.8, 4) is 16.4 Å². The maximum absolute atomic E-state index is 13.3. The molecule has 0 saturated heterocycles. The van der Waals surface area contributed by atoms with E-state index in [1.54, 1.807) is 26.0 Å².